The highest BCUT2D eigenvalue weighted by atomic mass is 16.1. The van der Waals surface area contributed by atoms with Gasteiger partial charge in [-0.05, 0) is 37.8 Å². The zero-order valence-electron chi connectivity index (χ0n) is 11.2. The molecule has 1 heterocycles. The van der Waals surface area contributed by atoms with Crippen molar-refractivity contribution in [3.05, 3.63) is 30.6 Å². The zero-order valence-corrected chi connectivity index (χ0v) is 11.2. The fourth-order valence-corrected chi connectivity index (χ4v) is 2.45. The molecule has 1 aromatic carbocycles. The third kappa shape index (κ3) is 2.78. The molecule has 1 aliphatic carbocycles. The molecule has 0 bridgehead atoms. The number of rotatable bonds is 5. The molecule has 1 unspecified atom stereocenters. The molecular weight excluding hydrogens is 238 g/mol. The van der Waals surface area contributed by atoms with E-state index in [2.05, 4.69) is 17.2 Å². The first-order chi connectivity index (χ1) is 9.24. The largest absolute Gasteiger partial charge is 0.353 e. The molecule has 1 fully saturated rings. The molecule has 0 aliphatic heterocycles. The maximum absolute atomic E-state index is 11.9. The average molecular weight is 257 g/mol. The van der Waals surface area contributed by atoms with Crippen LogP contribution in [0, 0.1) is 5.92 Å². The Balaban J connectivity index is 1.58. The molecule has 1 saturated carbocycles. The van der Waals surface area contributed by atoms with Crippen molar-refractivity contribution in [2.24, 2.45) is 5.92 Å². The van der Waals surface area contributed by atoms with Gasteiger partial charge in [0.2, 0.25) is 5.91 Å². The third-order valence-electron chi connectivity index (χ3n) is 3.82. The van der Waals surface area contributed by atoms with Gasteiger partial charge in [-0.25, -0.2) is 4.98 Å². The number of aryl methyl sites for hydroxylation is 1. The lowest BCUT2D eigenvalue weighted by Gasteiger charge is -2.12. The highest BCUT2D eigenvalue weighted by Gasteiger charge is 2.28. The molecule has 4 heteroatoms. The summed E-state index contributed by atoms with van der Waals surface area (Å²) >= 11 is 0. The number of benzene rings is 1. The minimum atomic E-state index is 0.136. The maximum atomic E-state index is 11.9. The van der Waals surface area contributed by atoms with Crippen molar-refractivity contribution in [1.29, 1.82) is 0 Å². The number of aromatic nitrogens is 2. The van der Waals surface area contributed by atoms with E-state index in [-0.39, 0.29) is 5.91 Å². The second-order valence-electron chi connectivity index (χ2n) is 5.37. The van der Waals surface area contributed by atoms with Crippen LogP contribution >= 0.6 is 0 Å². The summed E-state index contributed by atoms with van der Waals surface area (Å²) in [6.07, 6.45) is 4.83. The molecule has 0 spiro atoms. The predicted octanol–water partition coefficient (Wildman–Crippen LogP) is 2.34. The van der Waals surface area contributed by atoms with E-state index in [0.717, 1.165) is 11.0 Å². The van der Waals surface area contributed by atoms with Crippen molar-refractivity contribution < 1.29 is 4.79 Å². The van der Waals surface area contributed by atoms with Gasteiger partial charge in [-0.3, -0.25) is 4.79 Å². The van der Waals surface area contributed by atoms with Gasteiger partial charge in [-0.15, -0.1) is 0 Å². The maximum Gasteiger partial charge on any atom is 0.222 e. The summed E-state index contributed by atoms with van der Waals surface area (Å²) < 4.78 is 2.04. The molecule has 1 amide bonds. The Kier molecular flexibility index (Phi) is 3.23. The van der Waals surface area contributed by atoms with Crippen LogP contribution in [0.3, 0.4) is 0 Å². The second-order valence-corrected chi connectivity index (χ2v) is 5.37. The Bertz CT molecular complexity index is 586. The van der Waals surface area contributed by atoms with E-state index in [1.165, 1.54) is 12.8 Å². The molecule has 100 valence electrons. The lowest BCUT2D eigenvalue weighted by molar-refractivity contribution is -0.122. The van der Waals surface area contributed by atoms with E-state index < -0.39 is 0 Å². The summed E-state index contributed by atoms with van der Waals surface area (Å²) in [5.74, 6) is 0.843. The van der Waals surface area contributed by atoms with Gasteiger partial charge in [-0.1, -0.05) is 12.1 Å². The quantitative estimate of drug-likeness (QED) is 0.893. The number of carbonyl (C=O) groups excluding carboxylic acids is 1. The van der Waals surface area contributed by atoms with Crippen LogP contribution < -0.4 is 5.32 Å². The molecule has 1 aromatic heterocycles. The summed E-state index contributed by atoms with van der Waals surface area (Å²) in [6.45, 7) is 2.78. The number of para-hydroxylation sites is 2. The molecule has 0 saturated heterocycles. The number of carbonyl (C=O) groups is 1. The van der Waals surface area contributed by atoms with Crippen LogP contribution in [-0.4, -0.2) is 21.5 Å². The van der Waals surface area contributed by atoms with Gasteiger partial charge in [-0.2, -0.15) is 0 Å². The average Bonchev–Trinajstić information content (AvgIpc) is 3.18. The van der Waals surface area contributed by atoms with E-state index in [0.29, 0.717) is 24.9 Å². The molecule has 1 aliphatic rings. The van der Waals surface area contributed by atoms with E-state index in [4.69, 9.17) is 0 Å². The Labute approximate surface area is 112 Å². The summed E-state index contributed by atoms with van der Waals surface area (Å²) in [4.78, 5) is 16.2. The highest BCUT2D eigenvalue weighted by Crippen LogP contribution is 2.32. The first kappa shape index (κ1) is 12.2. The lowest BCUT2D eigenvalue weighted by atomic mass is 10.2. The van der Waals surface area contributed by atoms with Crippen LogP contribution in [0.2, 0.25) is 0 Å². The van der Waals surface area contributed by atoms with Crippen molar-refractivity contribution in [2.45, 2.75) is 38.8 Å². The van der Waals surface area contributed by atoms with Crippen LogP contribution in [0.5, 0.6) is 0 Å². The van der Waals surface area contributed by atoms with Crippen molar-refractivity contribution in [2.75, 3.05) is 0 Å². The van der Waals surface area contributed by atoms with E-state index in [1.54, 1.807) is 0 Å². The normalized spacial score (nSPS) is 16.5. The monoisotopic (exact) mass is 257 g/mol. The minimum Gasteiger partial charge on any atom is -0.353 e. The number of nitrogens with one attached hydrogen (secondary N) is 1. The topological polar surface area (TPSA) is 46.9 Å². The molecule has 2 aromatic rings. The number of hydrogen-bond acceptors (Lipinski definition) is 2. The fourth-order valence-electron chi connectivity index (χ4n) is 2.45. The van der Waals surface area contributed by atoms with Gasteiger partial charge in [0.25, 0.3) is 0 Å². The molecular formula is C15H19N3O. The number of nitrogens with zero attached hydrogens (tertiary/aromatic N) is 2. The number of hydrogen-bond donors (Lipinski definition) is 1. The molecule has 1 N–H and O–H groups in total. The van der Waals surface area contributed by atoms with Crippen molar-refractivity contribution in [1.82, 2.24) is 14.9 Å². The van der Waals surface area contributed by atoms with Gasteiger partial charge in [0.15, 0.2) is 0 Å². The highest BCUT2D eigenvalue weighted by molar-refractivity contribution is 5.77. The summed E-state index contributed by atoms with van der Waals surface area (Å²) in [5.41, 5.74) is 2.07. The Morgan fingerprint density at radius 2 is 2.26 bits per heavy atom. The van der Waals surface area contributed by atoms with Crippen LogP contribution in [0.25, 0.3) is 11.0 Å². The summed E-state index contributed by atoms with van der Waals surface area (Å²) in [6, 6.07) is 8.32. The second kappa shape index (κ2) is 5.03. The summed E-state index contributed by atoms with van der Waals surface area (Å²) in [7, 11) is 0. The van der Waals surface area contributed by atoms with Gasteiger partial charge in [0.1, 0.15) is 0 Å². The predicted molar refractivity (Wildman–Crippen MR) is 74.7 cm³/mol. The van der Waals surface area contributed by atoms with Crippen LogP contribution in [0.1, 0.15) is 26.2 Å². The SMILES string of the molecule is CC(NC(=O)CCn1cnc2ccccc21)C1CC1. The Morgan fingerprint density at radius 3 is 3.05 bits per heavy atom. The van der Waals surface area contributed by atoms with Crippen LogP contribution in [-0.2, 0) is 11.3 Å². The van der Waals surface area contributed by atoms with Crippen LogP contribution in [0.15, 0.2) is 30.6 Å². The van der Waals surface area contributed by atoms with E-state index in [9.17, 15) is 4.79 Å². The zero-order chi connectivity index (χ0) is 13.2. The third-order valence-corrected chi connectivity index (χ3v) is 3.82. The lowest BCUT2D eigenvalue weighted by Crippen LogP contribution is -2.34. The first-order valence-electron chi connectivity index (χ1n) is 6.93. The first-order valence-corrected chi connectivity index (χ1v) is 6.93. The van der Waals surface area contributed by atoms with Gasteiger partial charge < -0.3 is 9.88 Å². The molecule has 3 rings (SSSR count). The van der Waals surface area contributed by atoms with Crippen molar-refractivity contribution in [3.8, 4) is 0 Å². The molecule has 4 nitrogen and oxygen atoms in total. The van der Waals surface area contributed by atoms with Gasteiger partial charge in [0.05, 0.1) is 17.4 Å². The molecule has 19 heavy (non-hydrogen) atoms. The van der Waals surface area contributed by atoms with E-state index in [1.807, 2.05) is 35.2 Å². The molecule has 1 atom stereocenters. The van der Waals surface area contributed by atoms with Crippen molar-refractivity contribution >= 4 is 16.9 Å². The smallest absolute Gasteiger partial charge is 0.222 e. The minimum absolute atomic E-state index is 0.136. The number of fused-ring (bicyclic) bond motifs is 1. The standard InChI is InChI=1S/C15H19N3O/c1-11(12-6-7-12)17-15(19)8-9-18-10-16-13-4-2-3-5-14(13)18/h2-5,10-12H,6-9H2,1H3,(H,17,19). The number of imidazole rings is 1. The van der Waals surface area contributed by atoms with Crippen LogP contribution in [0.4, 0.5) is 0 Å². The van der Waals surface area contributed by atoms with E-state index >= 15 is 0 Å². The van der Waals surface area contributed by atoms with Crippen molar-refractivity contribution in [3.63, 3.8) is 0 Å². The Hall–Kier alpha value is -1.84. The number of amides is 1. The Morgan fingerprint density at radius 1 is 1.47 bits per heavy atom. The van der Waals surface area contributed by atoms with Gasteiger partial charge >= 0.3 is 0 Å². The van der Waals surface area contributed by atoms with Gasteiger partial charge in [0, 0.05) is 19.0 Å². The molecule has 0 radical (unpaired) electrons. The fraction of sp³-hybridized carbons (Fsp3) is 0.467. The summed E-state index contributed by atoms with van der Waals surface area (Å²) in [5, 5.41) is 3.08.